The second-order valence-corrected chi connectivity index (χ2v) is 2.74. The van der Waals surface area contributed by atoms with Crippen LogP contribution in [0.25, 0.3) is 0 Å². The quantitative estimate of drug-likeness (QED) is 0.531. The van der Waals surface area contributed by atoms with E-state index in [0.717, 1.165) is 22.7 Å². The lowest BCUT2D eigenvalue weighted by molar-refractivity contribution is 1.44. The van der Waals surface area contributed by atoms with E-state index in [1.54, 1.807) is 0 Å². The summed E-state index contributed by atoms with van der Waals surface area (Å²) in [4.78, 5) is 0. The standard InChI is InChI=1S/C9H16N4/c1-11-6-4-7(12-2)9(10)8(5-6)13-3/h4-5,11-13H,10H2,1-3H3. The minimum absolute atomic E-state index is 0.740. The molecule has 0 saturated heterocycles. The van der Waals surface area contributed by atoms with Crippen LogP contribution in [-0.4, -0.2) is 21.1 Å². The predicted octanol–water partition coefficient (Wildman–Crippen LogP) is 1.39. The van der Waals surface area contributed by atoms with Gasteiger partial charge in [-0.1, -0.05) is 0 Å². The summed E-state index contributed by atoms with van der Waals surface area (Å²) >= 11 is 0. The first-order valence-electron chi connectivity index (χ1n) is 4.19. The molecular formula is C9H16N4. The van der Waals surface area contributed by atoms with Crippen LogP contribution in [0.1, 0.15) is 0 Å². The van der Waals surface area contributed by atoms with Gasteiger partial charge in [0.05, 0.1) is 17.1 Å². The molecule has 0 aliphatic heterocycles. The zero-order valence-corrected chi connectivity index (χ0v) is 8.23. The Morgan fingerprint density at radius 3 is 1.69 bits per heavy atom. The summed E-state index contributed by atoms with van der Waals surface area (Å²) in [6, 6.07) is 3.94. The summed E-state index contributed by atoms with van der Waals surface area (Å²) in [7, 11) is 5.58. The maximum absolute atomic E-state index is 5.88. The molecule has 0 saturated carbocycles. The normalized spacial score (nSPS) is 9.46. The maximum Gasteiger partial charge on any atom is 0.0786 e. The highest BCUT2D eigenvalue weighted by Gasteiger charge is 2.04. The van der Waals surface area contributed by atoms with Crippen molar-refractivity contribution in [2.75, 3.05) is 42.8 Å². The van der Waals surface area contributed by atoms with Crippen molar-refractivity contribution in [1.82, 2.24) is 0 Å². The summed E-state index contributed by atoms with van der Waals surface area (Å²) in [6.45, 7) is 0. The van der Waals surface area contributed by atoms with Crippen LogP contribution in [-0.2, 0) is 0 Å². The van der Waals surface area contributed by atoms with Gasteiger partial charge in [0, 0.05) is 26.8 Å². The molecule has 1 aromatic carbocycles. The Bertz CT molecular complexity index is 271. The van der Waals surface area contributed by atoms with Gasteiger partial charge in [-0.3, -0.25) is 0 Å². The van der Waals surface area contributed by atoms with Gasteiger partial charge >= 0.3 is 0 Å². The molecule has 4 nitrogen and oxygen atoms in total. The maximum atomic E-state index is 5.88. The molecule has 13 heavy (non-hydrogen) atoms. The third-order valence-corrected chi connectivity index (χ3v) is 2.01. The summed E-state index contributed by atoms with van der Waals surface area (Å²) in [5.41, 5.74) is 9.50. The molecule has 4 heteroatoms. The highest BCUT2D eigenvalue weighted by atomic mass is 14.9. The van der Waals surface area contributed by atoms with Gasteiger partial charge in [0.2, 0.25) is 0 Å². The molecule has 0 amide bonds. The first-order valence-corrected chi connectivity index (χ1v) is 4.19. The van der Waals surface area contributed by atoms with Crippen molar-refractivity contribution in [3.05, 3.63) is 12.1 Å². The van der Waals surface area contributed by atoms with E-state index in [0.29, 0.717) is 0 Å². The molecule has 5 N–H and O–H groups in total. The smallest absolute Gasteiger partial charge is 0.0786 e. The van der Waals surface area contributed by atoms with E-state index in [2.05, 4.69) is 16.0 Å². The van der Waals surface area contributed by atoms with E-state index in [-0.39, 0.29) is 0 Å². The molecule has 0 aliphatic rings. The van der Waals surface area contributed by atoms with Crippen molar-refractivity contribution in [2.24, 2.45) is 0 Å². The van der Waals surface area contributed by atoms with Crippen LogP contribution >= 0.6 is 0 Å². The summed E-state index contributed by atoms with van der Waals surface area (Å²) in [5, 5.41) is 9.15. The lowest BCUT2D eigenvalue weighted by Crippen LogP contribution is -2.02. The Balaban J connectivity index is 3.20. The van der Waals surface area contributed by atoms with E-state index in [4.69, 9.17) is 5.73 Å². The molecule has 0 aliphatic carbocycles. The number of anilines is 4. The first kappa shape index (κ1) is 9.51. The summed E-state index contributed by atoms with van der Waals surface area (Å²) in [5.74, 6) is 0. The van der Waals surface area contributed by atoms with E-state index < -0.39 is 0 Å². The molecule has 1 rings (SSSR count). The number of hydrogen-bond acceptors (Lipinski definition) is 4. The number of benzene rings is 1. The largest absolute Gasteiger partial charge is 0.395 e. The lowest BCUT2D eigenvalue weighted by atomic mass is 10.2. The first-order chi connectivity index (χ1) is 6.22. The third-order valence-electron chi connectivity index (χ3n) is 2.01. The molecule has 0 fully saturated rings. The summed E-state index contributed by atoms with van der Waals surface area (Å²) in [6.07, 6.45) is 0. The van der Waals surface area contributed by atoms with Gasteiger partial charge in [0.25, 0.3) is 0 Å². The third kappa shape index (κ3) is 1.77. The van der Waals surface area contributed by atoms with E-state index in [1.165, 1.54) is 0 Å². The fourth-order valence-corrected chi connectivity index (χ4v) is 1.21. The van der Waals surface area contributed by atoms with Crippen molar-refractivity contribution in [3.63, 3.8) is 0 Å². The number of hydrogen-bond donors (Lipinski definition) is 4. The highest BCUT2D eigenvalue weighted by molar-refractivity contribution is 5.84. The van der Waals surface area contributed by atoms with Gasteiger partial charge in [-0.15, -0.1) is 0 Å². The number of rotatable bonds is 3. The number of nitrogens with two attached hydrogens (primary N) is 1. The van der Waals surface area contributed by atoms with E-state index in [1.807, 2.05) is 33.3 Å². The van der Waals surface area contributed by atoms with Gasteiger partial charge < -0.3 is 21.7 Å². The molecule has 72 valence electrons. The molecular weight excluding hydrogens is 164 g/mol. The van der Waals surface area contributed by atoms with Gasteiger partial charge in [-0.05, 0) is 12.1 Å². The Hall–Kier alpha value is -1.58. The molecule has 0 radical (unpaired) electrons. The van der Waals surface area contributed by atoms with Crippen molar-refractivity contribution >= 4 is 22.7 Å². The zero-order chi connectivity index (χ0) is 9.84. The Labute approximate surface area is 78.5 Å². The number of nitrogen functional groups attached to an aromatic ring is 1. The minimum atomic E-state index is 0.740. The van der Waals surface area contributed by atoms with Crippen LogP contribution in [0, 0.1) is 0 Å². The second kappa shape index (κ2) is 3.89. The molecule has 0 unspecified atom stereocenters. The van der Waals surface area contributed by atoms with Crippen LogP contribution in [0.5, 0.6) is 0 Å². The van der Waals surface area contributed by atoms with E-state index >= 15 is 0 Å². The van der Waals surface area contributed by atoms with Crippen molar-refractivity contribution in [3.8, 4) is 0 Å². The average Bonchev–Trinajstić information content (AvgIpc) is 2.18. The summed E-state index contributed by atoms with van der Waals surface area (Å²) < 4.78 is 0. The Morgan fingerprint density at radius 2 is 1.38 bits per heavy atom. The number of nitrogens with one attached hydrogen (secondary N) is 3. The Morgan fingerprint density at radius 1 is 0.923 bits per heavy atom. The molecule has 0 aromatic heterocycles. The van der Waals surface area contributed by atoms with Crippen LogP contribution in [0.3, 0.4) is 0 Å². The van der Waals surface area contributed by atoms with Gasteiger partial charge in [-0.25, -0.2) is 0 Å². The van der Waals surface area contributed by atoms with Crippen molar-refractivity contribution < 1.29 is 0 Å². The van der Waals surface area contributed by atoms with Crippen LogP contribution in [0.15, 0.2) is 12.1 Å². The second-order valence-electron chi connectivity index (χ2n) is 2.74. The topological polar surface area (TPSA) is 62.1 Å². The van der Waals surface area contributed by atoms with Crippen molar-refractivity contribution in [1.29, 1.82) is 0 Å². The predicted molar refractivity (Wildman–Crippen MR) is 59.5 cm³/mol. The molecule has 0 bridgehead atoms. The Kier molecular flexibility index (Phi) is 2.84. The van der Waals surface area contributed by atoms with Crippen LogP contribution in [0.4, 0.5) is 22.7 Å². The molecule has 0 atom stereocenters. The minimum Gasteiger partial charge on any atom is -0.395 e. The van der Waals surface area contributed by atoms with E-state index in [9.17, 15) is 0 Å². The fourth-order valence-electron chi connectivity index (χ4n) is 1.21. The van der Waals surface area contributed by atoms with Crippen LogP contribution in [0.2, 0.25) is 0 Å². The molecule has 0 heterocycles. The van der Waals surface area contributed by atoms with Gasteiger partial charge in [-0.2, -0.15) is 0 Å². The highest BCUT2D eigenvalue weighted by Crippen LogP contribution is 2.30. The van der Waals surface area contributed by atoms with Gasteiger partial charge in [0.1, 0.15) is 0 Å². The lowest BCUT2D eigenvalue weighted by Gasteiger charge is -2.13. The zero-order valence-electron chi connectivity index (χ0n) is 8.23. The van der Waals surface area contributed by atoms with Crippen molar-refractivity contribution in [2.45, 2.75) is 0 Å². The fraction of sp³-hybridized carbons (Fsp3) is 0.333. The molecule has 0 spiro atoms. The molecule has 1 aromatic rings. The monoisotopic (exact) mass is 180 g/mol. The van der Waals surface area contributed by atoms with Crippen LogP contribution < -0.4 is 21.7 Å². The van der Waals surface area contributed by atoms with Gasteiger partial charge in [0.15, 0.2) is 0 Å². The average molecular weight is 180 g/mol. The SMILES string of the molecule is CNc1cc(NC)c(N)c(NC)c1.